The van der Waals surface area contributed by atoms with Crippen LogP contribution >= 0.6 is 0 Å². The predicted octanol–water partition coefficient (Wildman–Crippen LogP) is 4.19. The van der Waals surface area contributed by atoms with E-state index in [2.05, 4.69) is 0 Å². The molecule has 0 radical (unpaired) electrons. The summed E-state index contributed by atoms with van der Waals surface area (Å²) in [4.78, 5) is 26.7. The second kappa shape index (κ2) is 9.54. The van der Waals surface area contributed by atoms with Crippen molar-refractivity contribution in [1.29, 1.82) is 0 Å². The number of carbonyl (C=O) groups is 2. The van der Waals surface area contributed by atoms with E-state index in [9.17, 15) is 14.0 Å². The van der Waals surface area contributed by atoms with E-state index < -0.39 is 11.7 Å². The highest BCUT2D eigenvalue weighted by Gasteiger charge is 2.29. The van der Waals surface area contributed by atoms with Crippen LogP contribution in [0, 0.1) is 11.7 Å². The van der Waals surface area contributed by atoms with E-state index in [1.165, 1.54) is 38.5 Å². The number of halogens is 1. The minimum atomic E-state index is -0.426. The second-order valence-corrected chi connectivity index (χ2v) is 6.89. The van der Waals surface area contributed by atoms with Gasteiger partial charge in [0.15, 0.2) is 0 Å². The van der Waals surface area contributed by atoms with Crippen molar-refractivity contribution in [2.24, 2.45) is 5.92 Å². The molecule has 1 unspecified atom stereocenters. The van der Waals surface area contributed by atoms with Crippen LogP contribution in [-0.2, 0) is 9.53 Å². The first-order valence-electron chi connectivity index (χ1n) is 9.17. The van der Waals surface area contributed by atoms with Gasteiger partial charge in [-0.15, -0.1) is 0 Å². The maximum Gasteiger partial charge on any atom is 0.310 e. The summed E-state index contributed by atoms with van der Waals surface area (Å²) in [7, 11) is 1.35. The average molecular weight is 349 g/mol. The zero-order valence-corrected chi connectivity index (χ0v) is 15.2. The van der Waals surface area contributed by atoms with Crippen LogP contribution in [0.5, 0.6) is 0 Å². The molecule has 0 aromatic heterocycles. The van der Waals surface area contributed by atoms with Crippen molar-refractivity contribution >= 4 is 11.9 Å². The number of methoxy groups -OCH3 is 1. The molecule has 1 aromatic rings. The predicted molar refractivity (Wildman–Crippen MR) is 94.7 cm³/mol. The number of hydrogen-bond acceptors (Lipinski definition) is 3. The van der Waals surface area contributed by atoms with Gasteiger partial charge in [-0.2, -0.15) is 0 Å². The number of benzene rings is 1. The molecule has 1 aromatic carbocycles. The Morgan fingerprint density at radius 2 is 1.84 bits per heavy atom. The van der Waals surface area contributed by atoms with Crippen LogP contribution in [0.25, 0.3) is 0 Å². The van der Waals surface area contributed by atoms with Gasteiger partial charge in [0.25, 0.3) is 5.91 Å². The largest absolute Gasteiger partial charge is 0.469 e. The van der Waals surface area contributed by atoms with Crippen molar-refractivity contribution in [3.8, 4) is 0 Å². The Labute approximate surface area is 149 Å². The first kappa shape index (κ1) is 19.4. The lowest BCUT2D eigenvalue weighted by atomic mass is 9.94. The Morgan fingerprint density at radius 1 is 1.20 bits per heavy atom. The van der Waals surface area contributed by atoms with Gasteiger partial charge in [-0.3, -0.25) is 9.59 Å². The molecule has 5 heteroatoms. The highest BCUT2D eigenvalue weighted by Crippen LogP contribution is 2.24. The molecular formula is C20H28FNO3. The van der Waals surface area contributed by atoms with Gasteiger partial charge in [0.05, 0.1) is 13.0 Å². The molecule has 0 bridgehead atoms. The molecule has 0 aliphatic heterocycles. The van der Waals surface area contributed by atoms with Gasteiger partial charge in [0.1, 0.15) is 5.82 Å². The van der Waals surface area contributed by atoms with Crippen LogP contribution in [0.1, 0.15) is 62.2 Å². The van der Waals surface area contributed by atoms with E-state index >= 15 is 0 Å². The number of ether oxygens (including phenoxy) is 1. The normalized spacial score (nSPS) is 17.2. The third-order valence-electron chi connectivity index (χ3n) is 4.92. The summed E-state index contributed by atoms with van der Waals surface area (Å²) in [6.07, 6.45) is 7.58. The highest BCUT2D eigenvalue weighted by molar-refractivity contribution is 5.94. The lowest BCUT2D eigenvalue weighted by molar-refractivity contribution is -0.145. The number of hydrogen-bond donors (Lipinski definition) is 0. The van der Waals surface area contributed by atoms with Gasteiger partial charge >= 0.3 is 5.97 Å². The molecule has 2 rings (SSSR count). The SMILES string of the molecule is COC(=O)C(C)CN(C(=O)c1cccc(F)c1)C1CCCCCCC1. The van der Waals surface area contributed by atoms with Crippen LogP contribution in [-0.4, -0.2) is 36.5 Å². The van der Waals surface area contributed by atoms with Crippen LogP contribution in [0.2, 0.25) is 0 Å². The minimum absolute atomic E-state index is 0.0863. The summed E-state index contributed by atoms with van der Waals surface area (Å²) >= 11 is 0. The molecular weight excluding hydrogens is 321 g/mol. The van der Waals surface area contributed by atoms with Crippen LogP contribution in [0.4, 0.5) is 4.39 Å². The Bertz CT molecular complexity index is 582. The van der Waals surface area contributed by atoms with Gasteiger partial charge < -0.3 is 9.64 Å². The monoisotopic (exact) mass is 349 g/mol. The fraction of sp³-hybridized carbons (Fsp3) is 0.600. The maximum atomic E-state index is 13.6. The van der Waals surface area contributed by atoms with Crippen LogP contribution in [0.3, 0.4) is 0 Å². The van der Waals surface area contributed by atoms with E-state index in [0.29, 0.717) is 12.1 Å². The molecule has 0 saturated heterocycles. The number of rotatable bonds is 5. The van der Waals surface area contributed by atoms with Gasteiger partial charge in [-0.25, -0.2) is 4.39 Å². The van der Waals surface area contributed by atoms with E-state index in [1.807, 2.05) is 0 Å². The second-order valence-electron chi connectivity index (χ2n) is 6.89. The number of amides is 1. The smallest absolute Gasteiger partial charge is 0.310 e. The van der Waals surface area contributed by atoms with E-state index in [1.54, 1.807) is 24.0 Å². The molecule has 1 aliphatic carbocycles. The van der Waals surface area contributed by atoms with E-state index in [4.69, 9.17) is 4.74 Å². The van der Waals surface area contributed by atoms with E-state index in [-0.39, 0.29) is 17.9 Å². The lowest BCUT2D eigenvalue weighted by Gasteiger charge is -2.34. The van der Waals surface area contributed by atoms with Crippen molar-refractivity contribution in [2.75, 3.05) is 13.7 Å². The topological polar surface area (TPSA) is 46.6 Å². The Balaban J connectivity index is 2.23. The highest BCUT2D eigenvalue weighted by atomic mass is 19.1. The van der Waals surface area contributed by atoms with Gasteiger partial charge in [0.2, 0.25) is 0 Å². The quantitative estimate of drug-likeness (QED) is 0.749. The Hall–Kier alpha value is -1.91. The molecule has 1 amide bonds. The summed E-state index contributed by atoms with van der Waals surface area (Å²) in [5, 5.41) is 0. The summed E-state index contributed by atoms with van der Waals surface area (Å²) in [6, 6.07) is 5.85. The Kier molecular flexibility index (Phi) is 7.41. The average Bonchev–Trinajstić information content (AvgIpc) is 2.58. The first-order valence-corrected chi connectivity index (χ1v) is 9.17. The van der Waals surface area contributed by atoms with Crippen molar-refractivity contribution in [3.05, 3.63) is 35.6 Å². The number of esters is 1. The molecule has 1 aliphatic rings. The molecule has 1 atom stereocenters. The van der Waals surface area contributed by atoms with Crippen molar-refractivity contribution < 1.29 is 18.7 Å². The molecule has 25 heavy (non-hydrogen) atoms. The molecule has 0 N–H and O–H groups in total. The molecule has 4 nitrogen and oxygen atoms in total. The zero-order valence-electron chi connectivity index (χ0n) is 15.2. The van der Waals surface area contributed by atoms with Crippen molar-refractivity contribution in [1.82, 2.24) is 4.90 Å². The summed E-state index contributed by atoms with van der Waals surface area (Å²) < 4.78 is 18.4. The number of carbonyl (C=O) groups excluding carboxylic acids is 2. The molecule has 0 heterocycles. The lowest BCUT2D eigenvalue weighted by Crippen LogP contribution is -2.44. The van der Waals surface area contributed by atoms with Crippen LogP contribution in [0.15, 0.2) is 24.3 Å². The third kappa shape index (κ3) is 5.55. The Morgan fingerprint density at radius 3 is 2.44 bits per heavy atom. The summed E-state index contributed by atoms with van der Waals surface area (Å²) in [5.74, 6) is -1.37. The minimum Gasteiger partial charge on any atom is -0.469 e. The molecule has 1 saturated carbocycles. The summed E-state index contributed by atoms with van der Waals surface area (Å²) in [5.41, 5.74) is 0.333. The maximum absolute atomic E-state index is 13.6. The van der Waals surface area contributed by atoms with Crippen LogP contribution < -0.4 is 0 Å². The van der Waals surface area contributed by atoms with Gasteiger partial charge in [0, 0.05) is 18.2 Å². The van der Waals surface area contributed by atoms with Gasteiger partial charge in [-0.05, 0) is 31.0 Å². The molecule has 0 spiro atoms. The van der Waals surface area contributed by atoms with Crippen molar-refractivity contribution in [3.63, 3.8) is 0 Å². The van der Waals surface area contributed by atoms with Gasteiger partial charge in [-0.1, -0.05) is 45.1 Å². The number of nitrogens with zero attached hydrogens (tertiary/aromatic N) is 1. The fourth-order valence-electron chi connectivity index (χ4n) is 3.50. The molecule has 1 fully saturated rings. The van der Waals surface area contributed by atoms with E-state index in [0.717, 1.165) is 25.7 Å². The standard InChI is InChI=1S/C20H28FNO3/c1-15(20(24)25-2)14-22(18-11-6-4-3-5-7-12-18)19(23)16-9-8-10-17(21)13-16/h8-10,13,15,18H,3-7,11-12,14H2,1-2H3. The fourth-order valence-corrected chi connectivity index (χ4v) is 3.50. The third-order valence-corrected chi connectivity index (χ3v) is 4.92. The molecule has 138 valence electrons. The van der Waals surface area contributed by atoms with Crippen molar-refractivity contribution in [2.45, 2.75) is 57.9 Å². The summed E-state index contributed by atoms with van der Waals surface area (Å²) in [6.45, 7) is 2.06. The first-order chi connectivity index (χ1) is 12.0. The zero-order chi connectivity index (χ0) is 18.2.